The lowest BCUT2D eigenvalue weighted by atomic mass is 9.88. The van der Waals surface area contributed by atoms with Crippen LogP contribution in [-0.2, 0) is 4.79 Å². The minimum Gasteiger partial charge on any atom is -0.349 e. The zero-order valence-corrected chi connectivity index (χ0v) is 11.7. The summed E-state index contributed by atoms with van der Waals surface area (Å²) >= 11 is 0. The summed E-state index contributed by atoms with van der Waals surface area (Å²) in [4.78, 5) is 22.3. The van der Waals surface area contributed by atoms with Gasteiger partial charge in [-0.2, -0.15) is 0 Å². The maximum Gasteiger partial charge on any atom is 0.269 e. The van der Waals surface area contributed by atoms with Crippen molar-refractivity contribution in [2.24, 2.45) is 5.92 Å². The number of hydrogen-bond acceptors (Lipinski definition) is 3. The summed E-state index contributed by atoms with van der Waals surface area (Å²) in [6.07, 6.45) is 5.42. The molecule has 1 aliphatic rings. The molecular formula is C15H20N2O3. The molecule has 1 fully saturated rings. The van der Waals surface area contributed by atoms with Crippen molar-refractivity contribution in [2.75, 3.05) is 0 Å². The van der Waals surface area contributed by atoms with E-state index in [0.717, 1.165) is 31.2 Å². The molecular weight excluding hydrogens is 256 g/mol. The molecule has 5 nitrogen and oxygen atoms in total. The minimum absolute atomic E-state index is 0.0690. The quantitative estimate of drug-likeness (QED) is 0.677. The SMILES string of the molecule is C[C@@H](NC(=O)C1CCCCC1)c1ccc([N+](=O)[O-])cc1. The molecule has 1 amide bonds. The van der Waals surface area contributed by atoms with Crippen LogP contribution >= 0.6 is 0 Å². The molecule has 5 heteroatoms. The van der Waals surface area contributed by atoms with Gasteiger partial charge in [0.1, 0.15) is 0 Å². The lowest BCUT2D eigenvalue weighted by Gasteiger charge is -2.23. The Kier molecular flexibility index (Phi) is 4.71. The Bertz CT molecular complexity index is 478. The van der Waals surface area contributed by atoms with E-state index in [0.29, 0.717) is 0 Å². The highest BCUT2D eigenvalue weighted by molar-refractivity contribution is 5.79. The van der Waals surface area contributed by atoms with E-state index in [-0.39, 0.29) is 23.6 Å². The largest absolute Gasteiger partial charge is 0.349 e. The number of amides is 1. The first kappa shape index (κ1) is 14.5. The molecule has 0 saturated heterocycles. The maximum absolute atomic E-state index is 12.1. The molecule has 108 valence electrons. The Hall–Kier alpha value is -1.91. The Morgan fingerprint density at radius 3 is 2.40 bits per heavy atom. The molecule has 0 unspecified atom stereocenters. The lowest BCUT2D eigenvalue weighted by Crippen LogP contribution is -2.33. The van der Waals surface area contributed by atoms with Gasteiger partial charge in [-0.25, -0.2) is 0 Å². The molecule has 1 atom stereocenters. The highest BCUT2D eigenvalue weighted by Gasteiger charge is 2.22. The highest BCUT2D eigenvalue weighted by atomic mass is 16.6. The second kappa shape index (κ2) is 6.50. The van der Waals surface area contributed by atoms with Crippen molar-refractivity contribution in [2.45, 2.75) is 45.1 Å². The summed E-state index contributed by atoms with van der Waals surface area (Å²) in [6, 6.07) is 6.22. The highest BCUT2D eigenvalue weighted by Crippen LogP contribution is 2.25. The van der Waals surface area contributed by atoms with Crippen LogP contribution in [0.1, 0.15) is 50.6 Å². The summed E-state index contributed by atoms with van der Waals surface area (Å²) in [5.41, 5.74) is 0.958. The summed E-state index contributed by atoms with van der Waals surface area (Å²) < 4.78 is 0. The summed E-state index contributed by atoms with van der Waals surface area (Å²) in [5, 5.41) is 13.6. The van der Waals surface area contributed by atoms with Crippen molar-refractivity contribution in [1.29, 1.82) is 0 Å². The molecule has 0 radical (unpaired) electrons. The zero-order valence-electron chi connectivity index (χ0n) is 11.7. The molecule has 0 bridgehead atoms. The van der Waals surface area contributed by atoms with Gasteiger partial charge in [-0.1, -0.05) is 31.4 Å². The number of carbonyl (C=O) groups is 1. The average molecular weight is 276 g/mol. The first-order valence-corrected chi connectivity index (χ1v) is 7.12. The topological polar surface area (TPSA) is 72.2 Å². The van der Waals surface area contributed by atoms with Crippen molar-refractivity contribution in [1.82, 2.24) is 5.32 Å². The van der Waals surface area contributed by atoms with Gasteiger partial charge < -0.3 is 5.32 Å². The molecule has 0 aliphatic heterocycles. The normalized spacial score (nSPS) is 17.4. The van der Waals surface area contributed by atoms with Crippen LogP contribution in [0.5, 0.6) is 0 Å². The Balaban J connectivity index is 1.94. The number of non-ortho nitro benzene ring substituents is 1. The van der Waals surface area contributed by atoms with E-state index in [1.807, 2.05) is 6.92 Å². The second-order valence-electron chi connectivity index (χ2n) is 5.41. The van der Waals surface area contributed by atoms with Gasteiger partial charge in [-0.3, -0.25) is 14.9 Å². The Labute approximate surface area is 118 Å². The molecule has 0 heterocycles. The lowest BCUT2D eigenvalue weighted by molar-refractivity contribution is -0.384. The van der Waals surface area contributed by atoms with Crippen molar-refractivity contribution in [3.05, 3.63) is 39.9 Å². The van der Waals surface area contributed by atoms with Crippen LogP contribution in [0, 0.1) is 16.0 Å². The monoisotopic (exact) mass is 276 g/mol. The minimum atomic E-state index is -0.422. The molecule has 0 aromatic heterocycles. The van der Waals surface area contributed by atoms with Crippen LogP contribution < -0.4 is 5.32 Å². The van der Waals surface area contributed by atoms with Crippen LogP contribution in [-0.4, -0.2) is 10.8 Å². The number of nitrogens with zero attached hydrogens (tertiary/aromatic N) is 1. The van der Waals surface area contributed by atoms with E-state index in [9.17, 15) is 14.9 Å². The fraction of sp³-hybridized carbons (Fsp3) is 0.533. The zero-order chi connectivity index (χ0) is 14.5. The number of rotatable bonds is 4. The molecule has 1 N–H and O–H groups in total. The van der Waals surface area contributed by atoms with Crippen molar-refractivity contribution in [3.8, 4) is 0 Å². The van der Waals surface area contributed by atoms with Crippen LogP contribution in [0.4, 0.5) is 5.69 Å². The first-order valence-electron chi connectivity index (χ1n) is 7.12. The molecule has 20 heavy (non-hydrogen) atoms. The number of benzene rings is 1. The third-order valence-electron chi connectivity index (χ3n) is 3.94. The fourth-order valence-electron chi connectivity index (χ4n) is 2.66. The van der Waals surface area contributed by atoms with Crippen LogP contribution in [0.25, 0.3) is 0 Å². The fourth-order valence-corrected chi connectivity index (χ4v) is 2.66. The van der Waals surface area contributed by atoms with Gasteiger partial charge in [0.2, 0.25) is 5.91 Å². The third kappa shape index (κ3) is 3.56. The van der Waals surface area contributed by atoms with E-state index in [4.69, 9.17) is 0 Å². The Morgan fingerprint density at radius 1 is 1.25 bits per heavy atom. The first-order chi connectivity index (χ1) is 9.58. The van der Waals surface area contributed by atoms with Crippen molar-refractivity contribution in [3.63, 3.8) is 0 Å². The molecule has 1 aliphatic carbocycles. The van der Waals surface area contributed by atoms with E-state index < -0.39 is 4.92 Å². The van der Waals surface area contributed by atoms with Gasteiger partial charge in [-0.15, -0.1) is 0 Å². The van der Waals surface area contributed by atoms with Crippen LogP contribution in [0.2, 0.25) is 0 Å². The number of nitro benzene ring substituents is 1. The van der Waals surface area contributed by atoms with Crippen LogP contribution in [0.3, 0.4) is 0 Å². The maximum atomic E-state index is 12.1. The van der Waals surface area contributed by atoms with Gasteiger partial charge in [0.15, 0.2) is 0 Å². The van der Waals surface area contributed by atoms with E-state index in [1.54, 1.807) is 12.1 Å². The molecule has 1 aromatic rings. The predicted molar refractivity (Wildman–Crippen MR) is 76.2 cm³/mol. The Morgan fingerprint density at radius 2 is 1.85 bits per heavy atom. The predicted octanol–water partition coefficient (Wildman–Crippen LogP) is 3.35. The molecule has 1 saturated carbocycles. The summed E-state index contributed by atoms with van der Waals surface area (Å²) in [6.45, 7) is 1.90. The van der Waals surface area contributed by atoms with Gasteiger partial charge >= 0.3 is 0 Å². The average Bonchev–Trinajstić information content (AvgIpc) is 2.48. The molecule has 1 aromatic carbocycles. The van der Waals surface area contributed by atoms with Gasteiger partial charge in [0.05, 0.1) is 11.0 Å². The number of hydrogen-bond donors (Lipinski definition) is 1. The van der Waals surface area contributed by atoms with Crippen molar-refractivity contribution >= 4 is 11.6 Å². The number of nitrogens with one attached hydrogen (secondary N) is 1. The second-order valence-corrected chi connectivity index (χ2v) is 5.41. The van der Waals surface area contributed by atoms with Crippen molar-refractivity contribution < 1.29 is 9.72 Å². The number of nitro groups is 1. The molecule has 0 spiro atoms. The third-order valence-corrected chi connectivity index (χ3v) is 3.94. The standard InChI is InChI=1S/C15H20N2O3/c1-11(12-7-9-14(10-8-12)17(19)20)16-15(18)13-5-3-2-4-6-13/h7-11,13H,2-6H2,1H3,(H,16,18)/t11-/m1/s1. The van der Waals surface area contributed by atoms with Gasteiger partial charge in [0, 0.05) is 18.1 Å². The summed E-state index contributed by atoms with van der Waals surface area (Å²) in [7, 11) is 0. The van der Waals surface area contributed by atoms with Crippen LogP contribution in [0.15, 0.2) is 24.3 Å². The summed E-state index contributed by atoms with van der Waals surface area (Å²) in [5.74, 6) is 0.236. The van der Waals surface area contributed by atoms with Gasteiger partial charge in [-0.05, 0) is 25.3 Å². The van der Waals surface area contributed by atoms with E-state index >= 15 is 0 Å². The van der Waals surface area contributed by atoms with E-state index in [1.165, 1.54) is 18.6 Å². The van der Waals surface area contributed by atoms with Gasteiger partial charge in [0.25, 0.3) is 5.69 Å². The molecule has 2 rings (SSSR count). The van der Waals surface area contributed by atoms with E-state index in [2.05, 4.69) is 5.32 Å². The smallest absolute Gasteiger partial charge is 0.269 e. The number of carbonyl (C=O) groups excluding carboxylic acids is 1.